The largest absolute Gasteiger partial charge is 0.496 e. The fourth-order valence-electron chi connectivity index (χ4n) is 2.07. The van der Waals surface area contributed by atoms with Crippen molar-refractivity contribution >= 4 is 6.08 Å². The van der Waals surface area contributed by atoms with E-state index < -0.39 is 0 Å². The molecule has 78 valence electrons. The number of carbonyl (C=O) groups excluding carboxylic acids is 1. The van der Waals surface area contributed by atoms with Crippen LogP contribution in [0.25, 0.3) is 0 Å². The molecular formula is C12H13NO2. The minimum atomic E-state index is -0.367. The molecule has 1 saturated carbocycles. The normalized spacial score (nSPS) is 17.4. The molecule has 3 heteroatoms. The standard InChI is InChI=1S/C12H13NO2/c1-15-11-6-3-2-5-10(11)12(13-9-14)7-4-8-12/h2-3,5-6H,4,7-8H2,1H3. The lowest BCUT2D eigenvalue weighted by atomic mass is 9.72. The van der Waals surface area contributed by atoms with Gasteiger partial charge in [0.05, 0.1) is 7.11 Å². The van der Waals surface area contributed by atoms with E-state index in [0.717, 1.165) is 30.6 Å². The Kier molecular flexibility index (Phi) is 2.57. The van der Waals surface area contributed by atoms with Gasteiger partial charge in [0.2, 0.25) is 6.08 Å². The van der Waals surface area contributed by atoms with Gasteiger partial charge in [0, 0.05) is 5.56 Å². The van der Waals surface area contributed by atoms with Crippen molar-refractivity contribution in [3.63, 3.8) is 0 Å². The van der Waals surface area contributed by atoms with Crippen LogP contribution in [0.2, 0.25) is 0 Å². The summed E-state index contributed by atoms with van der Waals surface area (Å²) in [5, 5.41) is 0. The quantitative estimate of drug-likeness (QED) is 0.559. The van der Waals surface area contributed by atoms with E-state index in [1.54, 1.807) is 13.2 Å². The van der Waals surface area contributed by atoms with Gasteiger partial charge in [-0.2, -0.15) is 4.99 Å². The number of methoxy groups -OCH3 is 1. The first-order chi connectivity index (χ1) is 7.32. The average molecular weight is 203 g/mol. The lowest BCUT2D eigenvalue weighted by Crippen LogP contribution is -2.32. The second-order valence-corrected chi connectivity index (χ2v) is 3.79. The highest BCUT2D eigenvalue weighted by Crippen LogP contribution is 2.47. The van der Waals surface area contributed by atoms with Crippen LogP contribution in [0, 0.1) is 0 Å². The average Bonchev–Trinajstić information content (AvgIpc) is 2.23. The number of ether oxygens (including phenoxy) is 1. The molecule has 1 aromatic carbocycles. The molecule has 0 aliphatic heterocycles. The van der Waals surface area contributed by atoms with Crippen molar-refractivity contribution in [2.75, 3.05) is 7.11 Å². The van der Waals surface area contributed by atoms with Crippen LogP contribution >= 0.6 is 0 Å². The fraction of sp³-hybridized carbons (Fsp3) is 0.417. The fourth-order valence-corrected chi connectivity index (χ4v) is 2.07. The maximum atomic E-state index is 10.5. The summed E-state index contributed by atoms with van der Waals surface area (Å²) in [7, 11) is 1.63. The van der Waals surface area contributed by atoms with Crippen LogP contribution < -0.4 is 4.74 Å². The molecule has 0 radical (unpaired) electrons. The summed E-state index contributed by atoms with van der Waals surface area (Å²) in [6.07, 6.45) is 4.59. The molecule has 3 nitrogen and oxygen atoms in total. The highest BCUT2D eigenvalue weighted by atomic mass is 16.5. The molecule has 1 aromatic rings. The van der Waals surface area contributed by atoms with Crippen molar-refractivity contribution in [2.45, 2.75) is 24.8 Å². The van der Waals surface area contributed by atoms with Gasteiger partial charge in [-0.05, 0) is 25.3 Å². The molecule has 0 spiro atoms. The summed E-state index contributed by atoms with van der Waals surface area (Å²) < 4.78 is 5.28. The summed E-state index contributed by atoms with van der Waals surface area (Å²) >= 11 is 0. The van der Waals surface area contributed by atoms with Crippen molar-refractivity contribution in [2.24, 2.45) is 4.99 Å². The van der Waals surface area contributed by atoms with Gasteiger partial charge < -0.3 is 4.74 Å². The molecule has 0 heterocycles. The van der Waals surface area contributed by atoms with E-state index in [0.29, 0.717) is 0 Å². The molecule has 1 aliphatic carbocycles. The monoisotopic (exact) mass is 203 g/mol. The first-order valence-corrected chi connectivity index (χ1v) is 5.05. The molecule has 0 N–H and O–H groups in total. The molecule has 1 fully saturated rings. The predicted molar refractivity (Wildman–Crippen MR) is 56.6 cm³/mol. The SMILES string of the molecule is COc1ccccc1C1(N=C=O)CCC1. The molecular weight excluding hydrogens is 190 g/mol. The van der Waals surface area contributed by atoms with E-state index in [1.807, 2.05) is 24.3 Å². The molecule has 0 aromatic heterocycles. The van der Waals surface area contributed by atoms with Gasteiger partial charge in [-0.25, -0.2) is 4.79 Å². The van der Waals surface area contributed by atoms with Crippen LogP contribution in [0.5, 0.6) is 5.75 Å². The zero-order valence-electron chi connectivity index (χ0n) is 8.69. The van der Waals surface area contributed by atoms with Gasteiger partial charge in [0.15, 0.2) is 0 Å². The number of aliphatic imine (C=N–C) groups is 1. The number of hydrogen-bond acceptors (Lipinski definition) is 3. The van der Waals surface area contributed by atoms with Crippen molar-refractivity contribution in [1.29, 1.82) is 0 Å². The van der Waals surface area contributed by atoms with Crippen LogP contribution in [0.3, 0.4) is 0 Å². The Bertz CT molecular complexity index is 404. The third-order valence-corrected chi connectivity index (χ3v) is 3.05. The van der Waals surface area contributed by atoms with E-state index in [9.17, 15) is 4.79 Å². The maximum Gasteiger partial charge on any atom is 0.235 e. The Balaban J connectivity index is 2.46. The summed E-state index contributed by atoms with van der Waals surface area (Å²) in [4.78, 5) is 14.4. The number of benzene rings is 1. The van der Waals surface area contributed by atoms with E-state index in [-0.39, 0.29) is 5.54 Å². The van der Waals surface area contributed by atoms with Gasteiger partial charge in [-0.3, -0.25) is 0 Å². The van der Waals surface area contributed by atoms with Crippen LogP contribution in [-0.4, -0.2) is 13.2 Å². The van der Waals surface area contributed by atoms with Crippen LogP contribution in [0.4, 0.5) is 0 Å². The van der Waals surface area contributed by atoms with Crippen LogP contribution in [0.15, 0.2) is 29.3 Å². The number of para-hydroxylation sites is 1. The summed E-state index contributed by atoms with van der Waals surface area (Å²) in [6, 6.07) is 7.73. The Morgan fingerprint density at radius 3 is 2.67 bits per heavy atom. The lowest BCUT2D eigenvalue weighted by Gasteiger charge is -2.37. The van der Waals surface area contributed by atoms with Gasteiger partial charge in [0.1, 0.15) is 11.3 Å². The third-order valence-electron chi connectivity index (χ3n) is 3.05. The van der Waals surface area contributed by atoms with Crippen molar-refractivity contribution in [1.82, 2.24) is 0 Å². The summed E-state index contributed by atoms with van der Waals surface area (Å²) in [6.45, 7) is 0. The molecule has 0 amide bonds. The van der Waals surface area contributed by atoms with E-state index >= 15 is 0 Å². The maximum absolute atomic E-state index is 10.5. The Morgan fingerprint density at radius 1 is 1.40 bits per heavy atom. The number of rotatable bonds is 3. The zero-order valence-corrected chi connectivity index (χ0v) is 8.69. The lowest BCUT2D eigenvalue weighted by molar-refractivity contribution is 0.246. The molecule has 0 saturated heterocycles. The Labute approximate surface area is 88.8 Å². The molecule has 0 unspecified atom stereocenters. The van der Waals surface area contributed by atoms with E-state index in [1.165, 1.54) is 0 Å². The first kappa shape index (κ1) is 9.94. The molecule has 0 atom stereocenters. The van der Waals surface area contributed by atoms with E-state index in [2.05, 4.69) is 4.99 Å². The predicted octanol–water partition coefficient (Wildman–Crippen LogP) is 2.41. The Morgan fingerprint density at radius 2 is 2.13 bits per heavy atom. The van der Waals surface area contributed by atoms with Crippen molar-refractivity contribution in [3.05, 3.63) is 29.8 Å². The Hall–Kier alpha value is -1.60. The van der Waals surface area contributed by atoms with Gasteiger partial charge in [-0.1, -0.05) is 18.2 Å². The van der Waals surface area contributed by atoms with Crippen molar-refractivity contribution in [3.8, 4) is 5.75 Å². The topological polar surface area (TPSA) is 38.7 Å². The molecule has 1 aliphatic rings. The minimum absolute atomic E-state index is 0.367. The number of hydrogen-bond donors (Lipinski definition) is 0. The molecule has 2 rings (SSSR count). The number of isocyanates is 1. The second-order valence-electron chi connectivity index (χ2n) is 3.79. The third kappa shape index (κ3) is 1.55. The highest BCUT2D eigenvalue weighted by molar-refractivity contribution is 5.45. The smallest absolute Gasteiger partial charge is 0.235 e. The highest BCUT2D eigenvalue weighted by Gasteiger charge is 2.40. The van der Waals surface area contributed by atoms with Gasteiger partial charge >= 0.3 is 0 Å². The van der Waals surface area contributed by atoms with Crippen molar-refractivity contribution < 1.29 is 9.53 Å². The van der Waals surface area contributed by atoms with Gasteiger partial charge in [-0.15, -0.1) is 0 Å². The zero-order chi connectivity index (χ0) is 10.7. The number of nitrogens with zero attached hydrogens (tertiary/aromatic N) is 1. The van der Waals surface area contributed by atoms with E-state index in [4.69, 9.17) is 4.74 Å². The second kappa shape index (κ2) is 3.87. The van der Waals surface area contributed by atoms with Crippen LogP contribution in [0.1, 0.15) is 24.8 Å². The summed E-state index contributed by atoms with van der Waals surface area (Å²) in [5.41, 5.74) is 0.635. The molecule has 15 heavy (non-hydrogen) atoms. The summed E-state index contributed by atoms with van der Waals surface area (Å²) in [5.74, 6) is 0.802. The van der Waals surface area contributed by atoms with Gasteiger partial charge in [0.25, 0.3) is 0 Å². The van der Waals surface area contributed by atoms with Crippen LogP contribution in [-0.2, 0) is 10.3 Å². The minimum Gasteiger partial charge on any atom is -0.496 e. The first-order valence-electron chi connectivity index (χ1n) is 5.05. The molecule has 0 bridgehead atoms.